The molecule has 2 amide bonds. The number of rotatable bonds is 7. The molecule has 0 aliphatic heterocycles. The minimum Gasteiger partial charge on any atom is -0.480 e. The summed E-state index contributed by atoms with van der Waals surface area (Å²) in [4.78, 5) is 23.7. The molecule has 35 heavy (non-hydrogen) atoms. The first-order valence-corrected chi connectivity index (χ1v) is 12.9. The van der Waals surface area contributed by atoms with Gasteiger partial charge in [-0.25, -0.2) is 17.6 Å². The summed E-state index contributed by atoms with van der Waals surface area (Å²) in [5, 5.41) is 16.4. The maximum atomic E-state index is 13.0. The van der Waals surface area contributed by atoms with Gasteiger partial charge in [0.2, 0.25) is 10.0 Å². The highest BCUT2D eigenvalue weighted by Gasteiger charge is 2.28. The predicted molar refractivity (Wildman–Crippen MR) is 135 cm³/mol. The van der Waals surface area contributed by atoms with Crippen molar-refractivity contribution in [2.45, 2.75) is 24.8 Å². The Morgan fingerprint density at radius 3 is 2.09 bits per heavy atom. The Morgan fingerprint density at radius 1 is 0.886 bits per heavy atom. The number of aliphatic carboxylic acids is 1. The molecule has 4 N–H and O–H groups in total. The van der Waals surface area contributed by atoms with Gasteiger partial charge in [0.1, 0.15) is 11.9 Å². The fraction of sp³-hybridized carbons (Fsp3) is 0.167. The fourth-order valence-electron chi connectivity index (χ4n) is 3.54. The van der Waals surface area contributed by atoms with Crippen LogP contribution in [0.25, 0.3) is 20.2 Å². The third-order valence-corrected chi connectivity index (χ3v) is 7.88. The molecule has 11 heteroatoms. The van der Waals surface area contributed by atoms with Crippen LogP contribution in [0.2, 0.25) is 0 Å². The first-order valence-electron chi connectivity index (χ1n) is 10.6. The molecule has 3 aromatic carbocycles. The summed E-state index contributed by atoms with van der Waals surface area (Å²) >= 11 is 1.35. The average molecular weight is 516 g/mol. The topological polar surface area (TPSA) is 125 Å². The molecule has 1 heterocycles. The second kappa shape index (κ2) is 9.61. The van der Waals surface area contributed by atoms with Crippen molar-refractivity contribution in [2.75, 3.05) is 10.6 Å². The van der Waals surface area contributed by atoms with E-state index in [1.54, 1.807) is 32.0 Å². The van der Waals surface area contributed by atoms with E-state index in [2.05, 4.69) is 15.4 Å². The van der Waals surface area contributed by atoms with Crippen LogP contribution in [0.5, 0.6) is 0 Å². The van der Waals surface area contributed by atoms with E-state index >= 15 is 0 Å². The van der Waals surface area contributed by atoms with Crippen molar-refractivity contribution in [2.24, 2.45) is 5.92 Å². The van der Waals surface area contributed by atoms with Crippen LogP contribution in [0, 0.1) is 11.7 Å². The van der Waals surface area contributed by atoms with Crippen molar-refractivity contribution in [3.63, 3.8) is 0 Å². The minimum absolute atomic E-state index is 0.0273. The highest BCUT2D eigenvalue weighted by molar-refractivity contribution is 7.89. The van der Waals surface area contributed by atoms with Crippen LogP contribution in [0.3, 0.4) is 0 Å². The molecule has 0 aliphatic carbocycles. The second-order valence-corrected chi connectivity index (χ2v) is 11.0. The van der Waals surface area contributed by atoms with Crippen LogP contribution in [-0.4, -0.2) is 31.6 Å². The maximum Gasteiger partial charge on any atom is 0.323 e. The third-order valence-electron chi connectivity index (χ3n) is 5.33. The number of carbonyl (C=O) groups excluding carboxylic acids is 1. The van der Waals surface area contributed by atoms with E-state index in [1.807, 2.05) is 6.07 Å². The normalized spacial score (nSPS) is 12.7. The van der Waals surface area contributed by atoms with Crippen LogP contribution in [0.1, 0.15) is 13.8 Å². The van der Waals surface area contributed by atoms with Crippen molar-refractivity contribution in [3.05, 3.63) is 66.5 Å². The summed E-state index contributed by atoms with van der Waals surface area (Å²) in [6.45, 7) is 3.25. The van der Waals surface area contributed by atoms with Gasteiger partial charge in [-0.15, -0.1) is 11.3 Å². The number of sulfonamides is 1. The van der Waals surface area contributed by atoms with E-state index < -0.39 is 39.8 Å². The van der Waals surface area contributed by atoms with Gasteiger partial charge in [-0.1, -0.05) is 26.0 Å². The van der Waals surface area contributed by atoms with Gasteiger partial charge in [0.25, 0.3) is 0 Å². The van der Waals surface area contributed by atoms with E-state index in [4.69, 9.17) is 0 Å². The number of urea groups is 1. The Hall–Kier alpha value is -3.54. The van der Waals surface area contributed by atoms with Gasteiger partial charge in [0, 0.05) is 31.5 Å². The molecule has 1 atom stereocenters. The van der Waals surface area contributed by atoms with Crippen LogP contribution < -0.4 is 15.4 Å². The van der Waals surface area contributed by atoms with Crippen molar-refractivity contribution >= 4 is 64.9 Å². The van der Waals surface area contributed by atoms with Crippen molar-refractivity contribution in [1.29, 1.82) is 0 Å². The Morgan fingerprint density at radius 2 is 1.46 bits per heavy atom. The van der Waals surface area contributed by atoms with Gasteiger partial charge in [0.05, 0.1) is 4.90 Å². The van der Waals surface area contributed by atoms with Gasteiger partial charge in [-0.3, -0.25) is 4.79 Å². The van der Waals surface area contributed by atoms with Crippen molar-refractivity contribution in [3.8, 4) is 0 Å². The number of carboxylic acids is 1. The zero-order chi connectivity index (χ0) is 25.3. The first-order chi connectivity index (χ1) is 16.5. The molecule has 0 aliphatic rings. The lowest BCUT2D eigenvalue weighted by Crippen LogP contribution is -2.44. The number of halogens is 1. The summed E-state index contributed by atoms with van der Waals surface area (Å²) in [5.41, 5.74) is 0.969. The smallest absolute Gasteiger partial charge is 0.323 e. The van der Waals surface area contributed by atoms with E-state index in [-0.39, 0.29) is 4.90 Å². The number of amides is 2. The Bertz CT molecular complexity index is 1530. The Kier molecular flexibility index (Phi) is 6.75. The molecule has 0 bridgehead atoms. The van der Waals surface area contributed by atoms with Gasteiger partial charge in [0.15, 0.2) is 0 Å². The number of anilines is 2. The van der Waals surface area contributed by atoms with Crippen LogP contribution in [0.15, 0.2) is 65.6 Å². The van der Waals surface area contributed by atoms with Gasteiger partial charge in [-0.2, -0.15) is 4.72 Å². The van der Waals surface area contributed by atoms with Crippen molar-refractivity contribution < 1.29 is 27.5 Å². The molecule has 0 radical (unpaired) electrons. The molecule has 0 spiro atoms. The van der Waals surface area contributed by atoms with Crippen LogP contribution in [0.4, 0.5) is 20.6 Å². The van der Waals surface area contributed by atoms with Gasteiger partial charge < -0.3 is 15.7 Å². The summed E-state index contributed by atoms with van der Waals surface area (Å²) < 4.78 is 42.4. The highest BCUT2D eigenvalue weighted by Crippen LogP contribution is 2.36. The van der Waals surface area contributed by atoms with E-state index in [0.717, 1.165) is 15.5 Å². The number of carboxylic acid groups (broad SMARTS) is 1. The molecule has 182 valence electrons. The maximum absolute atomic E-state index is 13.0. The lowest BCUT2D eigenvalue weighted by atomic mass is 10.1. The SMILES string of the molecule is CC(C)[C@H](NS(=O)(=O)c1ccc2c(c1)sc1cc(NC(=O)Nc3ccc(F)cc3)ccc12)C(=O)O. The van der Waals surface area contributed by atoms with Crippen molar-refractivity contribution in [1.82, 2.24) is 4.72 Å². The minimum atomic E-state index is -4.05. The number of fused-ring (bicyclic) bond motifs is 3. The summed E-state index contributed by atoms with van der Waals surface area (Å²) in [6.07, 6.45) is 0. The standard InChI is InChI=1S/C24H22FN3O5S2/c1-13(2)22(23(29)30)28-35(32,33)17-8-10-19-18-9-7-16(11-20(18)34-21(19)12-17)27-24(31)26-15-5-3-14(25)4-6-15/h3-13,22,28H,1-2H3,(H,29,30)(H2,26,27,31)/t22-/m0/s1. The quantitative estimate of drug-likeness (QED) is 0.268. The zero-order valence-electron chi connectivity index (χ0n) is 18.7. The molecular weight excluding hydrogens is 493 g/mol. The second-order valence-electron chi connectivity index (χ2n) is 8.24. The van der Waals surface area contributed by atoms with Crippen LogP contribution in [-0.2, 0) is 14.8 Å². The average Bonchev–Trinajstić information content (AvgIpc) is 3.15. The van der Waals surface area contributed by atoms with E-state index in [1.165, 1.54) is 47.7 Å². The first kappa shape index (κ1) is 24.6. The van der Waals surface area contributed by atoms with Gasteiger partial charge in [-0.05, 0) is 54.4 Å². The number of hydrogen-bond acceptors (Lipinski definition) is 5. The predicted octanol–water partition coefficient (Wildman–Crippen LogP) is 5.23. The van der Waals surface area contributed by atoms with E-state index in [0.29, 0.717) is 16.1 Å². The monoisotopic (exact) mass is 515 g/mol. The number of benzene rings is 3. The molecule has 0 unspecified atom stereocenters. The van der Waals surface area contributed by atoms with Crippen LogP contribution >= 0.6 is 11.3 Å². The molecule has 8 nitrogen and oxygen atoms in total. The molecule has 4 aromatic rings. The lowest BCUT2D eigenvalue weighted by molar-refractivity contribution is -0.140. The molecule has 4 rings (SSSR count). The summed E-state index contributed by atoms with van der Waals surface area (Å²) in [6, 6.07) is 13.6. The third kappa shape index (κ3) is 5.42. The molecule has 0 fully saturated rings. The highest BCUT2D eigenvalue weighted by atomic mass is 32.2. The molecule has 0 saturated heterocycles. The number of nitrogens with one attached hydrogen (secondary N) is 3. The lowest BCUT2D eigenvalue weighted by Gasteiger charge is -2.18. The summed E-state index contributed by atoms with van der Waals surface area (Å²) in [5.74, 6) is -2.07. The zero-order valence-corrected chi connectivity index (χ0v) is 20.3. The largest absolute Gasteiger partial charge is 0.480 e. The van der Waals surface area contributed by atoms with E-state index in [9.17, 15) is 27.5 Å². The molecule has 0 saturated carbocycles. The van der Waals surface area contributed by atoms with Gasteiger partial charge >= 0.3 is 12.0 Å². The summed E-state index contributed by atoms with van der Waals surface area (Å²) in [7, 11) is -4.05. The Labute approximate surface area is 204 Å². The number of hydrogen-bond donors (Lipinski definition) is 4. The number of thiophene rings is 1. The number of carbonyl (C=O) groups is 2. The molecular formula is C24H22FN3O5S2. The Balaban J connectivity index is 1.58. The molecule has 1 aromatic heterocycles. The fourth-order valence-corrected chi connectivity index (χ4v) is 6.16.